The highest BCUT2D eigenvalue weighted by Crippen LogP contribution is 2.37. The van der Waals surface area contributed by atoms with E-state index >= 15 is 0 Å². The predicted molar refractivity (Wildman–Crippen MR) is 72.0 cm³/mol. The van der Waals surface area contributed by atoms with Crippen molar-refractivity contribution in [3.05, 3.63) is 24.2 Å². The van der Waals surface area contributed by atoms with E-state index in [-0.39, 0.29) is 5.54 Å². The van der Waals surface area contributed by atoms with Gasteiger partial charge in [-0.1, -0.05) is 13.3 Å². The molecule has 18 heavy (non-hydrogen) atoms. The van der Waals surface area contributed by atoms with Gasteiger partial charge < -0.3 is 10.7 Å². The van der Waals surface area contributed by atoms with Gasteiger partial charge in [-0.25, -0.2) is 9.97 Å². The number of aromatic nitrogens is 3. The molecule has 0 bridgehead atoms. The van der Waals surface area contributed by atoms with Crippen LogP contribution in [-0.2, 0) is 5.54 Å². The second-order valence-electron chi connectivity index (χ2n) is 5.47. The van der Waals surface area contributed by atoms with Crippen LogP contribution in [0.15, 0.2) is 18.3 Å². The molecule has 0 radical (unpaired) electrons. The zero-order valence-corrected chi connectivity index (χ0v) is 10.8. The second-order valence-corrected chi connectivity index (χ2v) is 5.47. The van der Waals surface area contributed by atoms with Gasteiger partial charge in [0.2, 0.25) is 0 Å². The zero-order chi connectivity index (χ0) is 12.6. The summed E-state index contributed by atoms with van der Waals surface area (Å²) in [7, 11) is 0. The van der Waals surface area contributed by atoms with E-state index in [9.17, 15) is 0 Å². The Morgan fingerprint density at radius 2 is 2.22 bits per heavy atom. The third-order valence-electron chi connectivity index (χ3n) is 4.30. The summed E-state index contributed by atoms with van der Waals surface area (Å²) < 4.78 is 0. The van der Waals surface area contributed by atoms with Gasteiger partial charge in [0.1, 0.15) is 5.82 Å². The molecule has 3 rings (SSSR count). The lowest BCUT2D eigenvalue weighted by atomic mass is 9.76. The summed E-state index contributed by atoms with van der Waals surface area (Å²) in [6.07, 6.45) is 7.48. The minimum Gasteiger partial charge on any atom is -0.339 e. The van der Waals surface area contributed by atoms with Crippen LogP contribution in [0.4, 0.5) is 0 Å². The minimum atomic E-state index is -0.285. The van der Waals surface area contributed by atoms with Crippen LogP contribution in [0.2, 0.25) is 0 Å². The number of pyridine rings is 1. The van der Waals surface area contributed by atoms with E-state index in [0.717, 1.165) is 35.7 Å². The van der Waals surface area contributed by atoms with Crippen molar-refractivity contribution >= 4 is 11.2 Å². The first kappa shape index (κ1) is 11.7. The van der Waals surface area contributed by atoms with E-state index in [1.54, 1.807) is 6.20 Å². The maximum atomic E-state index is 6.54. The summed E-state index contributed by atoms with van der Waals surface area (Å²) in [5.41, 5.74) is 8.01. The largest absolute Gasteiger partial charge is 0.339 e. The van der Waals surface area contributed by atoms with Crippen LogP contribution in [0.25, 0.3) is 11.2 Å². The number of aromatic amines is 1. The number of imidazole rings is 1. The molecule has 0 amide bonds. The summed E-state index contributed by atoms with van der Waals surface area (Å²) in [5.74, 6) is 1.75. The van der Waals surface area contributed by atoms with Gasteiger partial charge in [-0.2, -0.15) is 0 Å². The Morgan fingerprint density at radius 1 is 1.44 bits per heavy atom. The lowest BCUT2D eigenvalue weighted by Crippen LogP contribution is -2.41. The highest BCUT2D eigenvalue weighted by Gasteiger charge is 2.35. The molecule has 2 heterocycles. The second kappa shape index (κ2) is 4.35. The number of fused-ring (bicyclic) bond motifs is 1. The van der Waals surface area contributed by atoms with E-state index in [2.05, 4.69) is 21.9 Å². The van der Waals surface area contributed by atoms with Crippen LogP contribution in [0, 0.1) is 5.92 Å². The third kappa shape index (κ3) is 1.90. The lowest BCUT2D eigenvalue weighted by Gasteiger charge is -2.35. The molecular weight excluding hydrogens is 224 g/mol. The first-order valence-corrected chi connectivity index (χ1v) is 6.81. The molecule has 0 spiro atoms. The number of hydrogen-bond donors (Lipinski definition) is 2. The zero-order valence-electron chi connectivity index (χ0n) is 10.8. The Labute approximate surface area is 107 Å². The van der Waals surface area contributed by atoms with Crippen LogP contribution in [0.1, 0.15) is 44.9 Å². The summed E-state index contributed by atoms with van der Waals surface area (Å²) in [6, 6.07) is 3.92. The first-order valence-electron chi connectivity index (χ1n) is 6.81. The topological polar surface area (TPSA) is 67.6 Å². The summed E-state index contributed by atoms with van der Waals surface area (Å²) >= 11 is 0. The molecule has 2 aromatic rings. The average Bonchev–Trinajstić information content (AvgIpc) is 2.84. The van der Waals surface area contributed by atoms with Crippen LogP contribution in [-0.4, -0.2) is 15.0 Å². The molecule has 96 valence electrons. The Kier molecular flexibility index (Phi) is 2.82. The molecular formula is C14H20N4. The van der Waals surface area contributed by atoms with Crippen molar-refractivity contribution in [3.63, 3.8) is 0 Å². The van der Waals surface area contributed by atoms with E-state index in [1.807, 2.05) is 12.1 Å². The number of nitrogens with one attached hydrogen (secondary N) is 1. The van der Waals surface area contributed by atoms with Crippen molar-refractivity contribution in [2.45, 2.75) is 44.6 Å². The number of hydrogen-bond acceptors (Lipinski definition) is 3. The molecule has 0 aliphatic heterocycles. The van der Waals surface area contributed by atoms with Gasteiger partial charge in [0.15, 0.2) is 5.65 Å². The minimum absolute atomic E-state index is 0.285. The van der Waals surface area contributed by atoms with E-state index in [4.69, 9.17) is 5.73 Å². The normalized spacial score (nSPS) is 28.7. The highest BCUT2D eigenvalue weighted by molar-refractivity contribution is 5.70. The van der Waals surface area contributed by atoms with Crippen molar-refractivity contribution in [3.8, 4) is 0 Å². The quantitative estimate of drug-likeness (QED) is 0.853. The Bertz CT molecular complexity index is 504. The fourth-order valence-electron chi connectivity index (χ4n) is 2.92. The van der Waals surface area contributed by atoms with Crippen LogP contribution >= 0.6 is 0 Å². The van der Waals surface area contributed by atoms with E-state index in [0.29, 0.717) is 0 Å². The van der Waals surface area contributed by atoms with Gasteiger partial charge in [-0.15, -0.1) is 0 Å². The van der Waals surface area contributed by atoms with Crippen LogP contribution in [0.3, 0.4) is 0 Å². The molecule has 1 aliphatic carbocycles. The summed E-state index contributed by atoms with van der Waals surface area (Å²) in [5, 5.41) is 0. The van der Waals surface area contributed by atoms with Gasteiger partial charge >= 0.3 is 0 Å². The number of nitrogens with zero attached hydrogens (tertiary/aromatic N) is 2. The smallest absolute Gasteiger partial charge is 0.177 e. The van der Waals surface area contributed by atoms with E-state index < -0.39 is 0 Å². The van der Waals surface area contributed by atoms with E-state index in [1.165, 1.54) is 19.3 Å². The maximum Gasteiger partial charge on any atom is 0.177 e. The van der Waals surface area contributed by atoms with Gasteiger partial charge in [0.25, 0.3) is 0 Å². The molecule has 1 aliphatic rings. The summed E-state index contributed by atoms with van der Waals surface area (Å²) in [6.45, 7) is 2.26. The van der Waals surface area contributed by atoms with Gasteiger partial charge in [-0.05, 0) is 43.7 Å². The average molecular weight is 244 g/mol. The molecule has 0 unspecified atom stereocenters. The fourth-order valence-corrected chi connectivity index (χ4v) is 2.92. The molecule has 3 N–H and O–H groups in total. The van der Waals surface area contributed by atoms with Crippen LogP contribution < -0.4 is 5.73 Å². The monoisotopic (exact) mass is 244 g/mol. The molecule has 1 saturated carbocycles. The Hall–Kier alpha value is -1.42. The lowest BCUT2D eigenvalue weighted by molar-refractivity contribution is 0.223. The SMILES string of the molecule is CCC1CCC(N)(c2nc3ncccc3[nH]2)CC1. The van der Waals surface area contributed by atoms with Crippen LogP contribution in [0.5, 0.6) is 0 Å². The number of rotatable bonds is 2. The van der Waals surface area contributed by atoms with Crippen molar-refractivity contribution in [1.29, 1.82) is 0 Å². The van der Waals surface area contributed by atoms with Gasteiger partial charge in [-0.3, -0.25) is 0 Å². The van der Waals surface area contributed by atoms with Crippen molar-refractivity contribution in [2.24, 2.45) is 11.7 Å². The molecule has 1 fully saturated rings. The maximum absolute atomic E-state index is 6.54. The molecule has 2 aromatic heterocycles. The molecule has 4 nitrogen and oxygen atoms in total. The number of H-pyrrole nitrogens is 1. The van der Waals surface area contributed by atoms with Crippen molar-refractivity contribution < 1.29 is 0 Å². The third-order valence-corrected chi connectivity index (χ3v) is 4.30. The molecule has 4 heteroatoms. The Morgan fingerprint density at radius 3 is 2.89 bits per heavy atom. The first-order chi connectivity index (χ1) is 8.71. The highest BCUT2D eigenvalue weighted by atomic mass is 15.0. The van der Waals surface area contributed by atoms with Crippen molar-refractivity contribution in [1.82, 2.24) is 15.0 Å². The molecule has 0 atom stereocenters. The number of nitrogens with two attached hydrogens (primary N) is 1. The van der Waals surface area contributed by atoms with Crippen molar-refractivity contribution in [2.75, 3.05) is 0 Å². The predicted octanol–water partition coefficient (Wildman–Crippen LogP) is 2.71. The standard InChI is InChI=1S/C14H20N4/c1-2-10-5-7-14(15,8-6-10)13-17-11-4-3-9-16-12(11)18-13/h3-4,9-10H,2,5-8,15H2,1H3,(H,16,17,18). The fraction of sp³-hybridized carbons (Fsp3) is 0.571. The van der Waals surface area contributed by atoms with Gasteiger partial charge in [0, 0.05) is 6.20 Å². The van der Waals surface area contributed by atoms with Gasteiger partial charge in [0.05, 0.1) is 11.1 Å². The Balaban J connectivity index is 1.89. The molecule has 0 saturated heterocycles. The molecule has 0 aromatic carbocycles. The summed E-state index contributed by atoms with van der Waals surface area (Å²) in [4.78, 5) is 12.2.